The molecule has 0 spiro atoms. The topological polar surface area (TPSA) is 96.2 Å². The summed E-state index contributed by atoms with van der Waals surface area (Å²) in [5, 5.41) is 27.9. The Morgan fingerprint density at radius 2 is 0.877 bits per heavy atom. The lowest BCUT2D eigenvalue weighted by molar-refractivity contribution is -0.109. The quantitative estimate of drug-likeness (QED) is 0.0685. The molecule has 3 aromatic rings. The number of aldehydes is 1. The molecule has 0 saturated carbocycles. The lowest BCUT2D eigenvalue weighted by atomic mass is 10.0. The Balaban J connectivity index is 0. The van der Waals surface area contributed by atoms with Gasteiger partial charge in [-0.2, -0.15) is 11.1 Å². The fourth-order valence-electron chi connectivity index (χ4n) is 3.93. The minimum absolute atomic E-state index is 0.000509. The van der Waals surface area contributed by atoms with Crippen molar-refractivity contribution >= 4 is 50.6 Å². The van der Waals surface area contributed by atoms with Crippen LogP contribution >= 0.6 is 20.3 Å². The molecular weight excluding hydrogens is 799 g/mol. The molecule has 0 fully saturated rings. The van der Waals surface area contributed by atoms with E-state index < -0.39 is 24.0 Å². The zero-order valence-corrected chi connectivity index (χ0v) is 43.1. The number of carbonyl (C=O) groups excluding carboxylic acids is 1. The molecule has 326 valence electrons. The minimum atomic E-state index is -1.78. The molecular formula is C46H82ClO6PSi3. The first kappa shape index (κ1) is 55.5. The molecule has 3 unspecified atom stereocenters. The molecule has 0 aliphatic carbocycles. The van der Waals surface area contributed by atoms with Crippen LogP contribution in [0.15, 0.2) is 91.0 Å². The molecule has 0 amide bonds. The zero-order valence-electron chi connectivity index (χ0n) is 39.2. The molecule has 0 bridgehead atoms. The van der Waals surface area contributed by atoms with Crippen molar-refractivity contribution in [3.63, 3.8) is 0 Å². The van der Waals surface area contributed by atoms with E-state index in [1.807, 2.05) is 78.9 Å². The fraction of sp³-hybridized carbons (Fsp3) is 0.587. The average Bonchev–Trinajstić information content (AvgIpc) is 3.13. The Labute approximate surface area is 361 Å². The number of aliphatic hydroxyl groups excluding tert-OH is 3. The van der Waals surface area contributed by atoms with Gasteiger partial charge >= 0.3 is 0 Å². The zero-order chi connectivity index (χ0) is 45.4. The van der Waals surface area contributed by atoms with Crippen molar-refractivity contribution in [1.82, 2.24) is 0 Å². The molecule has 0 aliphatic rings. The van der Waals surface area contributed by atoms with Crippen LogP contribution in [0.5, 0.6) is 0 Å². The van der Waals surface area contributed by atoms with Crippen molar-refractivity contribution in [3.8, 4) is 0 Å². The lowest BCUT2D eigenvalue weighted by Gasteiger charge is -2.37. The highest BCUT2D eigenvalue weighted by Gasteiger charge is 2.38. The number of carbonyl (C=O) groups is 1. The predicted molar refractivity (Wildman–Crippen MR) is 260 cm³/mol. The number of benzene rings is 3. The van der Waals surface area contributed by atoms with Crippen LogP contribution in [-0.4, -0.2) is 85.3 Å². The third-order valence-electron chi connectivity index (χ3n) is 11.3. The Kier molecular flexibility index (Phi) is 26.6. The van der Waals surface area contributed by atoms with Gasteiger partial charge in [0.15, 0.2) is 24.0 Å². The molecule has 57 heavy (non-hydrogen) atoms. The van der Waals surface area contributed by atoms with Gasteiger partial charge in [-0.15, -0.1) is 9.24 Å². The van der Waals surface area contributed by atoms with Gasteiger partial charge < -0.3 is 29.0 Å². The molecule has 3 N–H and O–H groups in total. The first-order chi connectivity index (χ1) is 26.6. The van der Waals surface area contributed by atoms with Crippen molar-refractivity contribution in [1.29, 1.82) is 0 Å². The number of aliphatic hydroxyl groups is 3. The second-order valence-electron chi connectivity index (χ2n) is 18.8. The van der Waals surface area contributed by atoms with Gasteiger partial charge in [0.05, 0.1) is 25.7 Å². The molecule has 3 rings (SSSR count). The van der Waals surface area contributed by atoms with E-state index in [4.69, 9.17) is 31.5 Å². The fourth-order valence-corrected chi connectivity index (χ4v) is 6.01. The van der Waals surface area contributed by atoms with Gasteiger partial charge in [0.1, 0.15) is 6.29 Å². The number of hydrogen-bond donors (Lipinski definition) is 3. The molecule has 0 radical (unpaired) electrons. The van der Waals surface area contributed by atoms with Crippen molar-refractivity contribution in [2.75, 3.05) is 39.7 Å². The van der Waals surface area contributed by atoms with Gasteiger partial charge in [-0.1, -0.05) is 173 Å². The van der Waals surface area contributed by atoms with Crippen molar-refractivity contribution in [3.05, 3.63) is 108 Å². The Morgan fingerprint density at radius 3 is 1.14 bits per heavy atom. The molecule has 3 atom stereocenters. The van der Waals surface area contributed by atoms with Crippen LogP contribution in [0.25, 0.3) is 0 Å². The first-order valence-electron chi connectivity index (χ1n) is 20.7. The van der Waals surface area contributed by atoms with Crippen LogP contribution in [0.2, 0.25) is 54.4 Å². The van der Waals surface area contributed by atoms with Crippen molar-refractivity contribution in [2.24, 2.45) is 0 Å². The van der Waals surface area contributed by atoms with Crippen LogP contribution in [0.3, 0.4) is 0 Å². The second-order valence-corrected chi connectivity index (χ2v) is 35.7. The standard InChI is InChI=1S/C15H26O2Si.C15H24O2Si.C9H12O2.C6H15ClSi.CH5P/c2*1-15(2,3)18(4,5)17-12-14(11-16)13-9-7-6-8-10-13;10-6-9(7-11)8-4-2-1-3-5-8;1-6(2,3)8(4,5)7;1-2/h6-10,14,16H,11-12H2,1-5H3;6-11,14H,12H2,1-5H3;1-5,9-11H,6-7H2;1-5H3;2H2,1H3/i;;;;1D. The normalized spacial score (nSPS) is 13.5. The number of rotatable bonds is 13. The summed E-state index contributed by atoms with van der Waals surface area (Å²) >= 11 is 6.15. The van der Waals surface area contributed by atoms with E-state index in [1.54, 1.807) is 0 Å². The molecule has 0 aromatic heterocycles. The summed E-state index contributed by atoms with van der Waals surface area (Å²) < 4.78 is 18.5. The number of halogens is 1. The summed E-state index contributed by atoms with van der Waals surface area (Å²) in [7, 11) is -2.64. The summed E-state index contributed by atoms with van der Waals surface area (Å²) in [5.41, 5.74) is 3.17. The van der Waals surface area contributed by atoms with Gasteiger partial charge in [-0.3, -0.25) is 0 Å². The van der Waals surface area contributed by atoms with Gasteiger partial charge in [-0.25, -0.2) is 0 Å². The third kappa shape index (κ3) is 22.6. The maximum Gasteiger partial charge on any atom is 0.192 e. The number of hydrogen-bond acceptors (Lipinski definition) is 6. The van der Waals surface area contributed by atoms with Gasteiger partial charge in [0, 0.05) is 26.4 Å². The van der Waals surface area contributed by atoms with Crippen LogP contribution in [0, 0.1) is 0 Å². The minimum Gasteiger partial charge on any atom is -0.416 e. The monoisotopic (exact) mass is 881 g/mol. The Bertz CT molecular complexity index is 1440. The Hall–Kier alpha value is -1.50. The maximum absolute atomic E-state index is 11.2. The van der Waals surface area contributed by atoms with Crippen LogP contribution in [0.4, 0.5) is 0 Å². The molecule has 0 saturated heterocycles. The highest BCUT2D eigenvalue weighted by Crippen LogP contribution is 2.39. The SMILES string of the molecule is CC(C)(C)[Si](C)(C)Cl.CC(C)(C)[Si](C)(C)OCC(C=O)c1ccccc1.CC(C)(C)[Si](C)(C)OCC(CO)c1ccccc1.OCC(CO)c1ccccc1.[2H]CP. The highest BCUT2D eigenvalue weighted by molar-refractivity contribution is 7.20. The molecule has 0 heterocycles. The van der Waals surface area contributed by atoms with Gasteiger partial charge in [-0.05, 0) is 58.0 Å². The second kappa shape index (κ2) is 27.4. The van der Waals surface area contributed by atoms with E-state index in [2.05, 4.69) is 123 Å². The smallest absolute Gasteiger partial charge is 0.192 e. The molecule has 3 aromatic carbocycles. The van der Waals surface area contributed by atoms with Gasteiger partial charge in [0.2, 0.25) is 0 Å². The van der Waals surface area contributed by atoms with E-state index in [-0.39, 0.29) is 47.7 Å². The van der Waals surface area contributed by atoms with E-state index in [0.29, 0.717) is 24.9 Å². The molecule has 0 aliphatic heterocycles. The van der Waals surface area contributed by atoms with Crippen LogP contribution < -0.4 is 0 Å². The summed E-state index contributed by atoms with van der Waals surface area (Å²) in [4.78, 5) is 11.2. The maximum atomic E-state index is 11.2. The van der Waals surface area contributed by atoms with Crippen LogP contribution in [-0.2, 0) is 13.6 Å². The van der Waals surface area contributed by atoms with E-state index >= 15 is 0 Å². The van der Waals surface area contributed by atoms with E-state index in [1.165, 1.54) is 0 Å². The molecule has 11 heteroatoms. The summed E-state index contributed by atoms with van der Waals surface area (Å²) in [5.74, 6) is -0.197. The first-order valence-corrected chi connectivity index (χ1v) is 30.6. The molecule has 6 nitrogen and oxygen atoms in total. The van der Waals surface area contributed by atoms with Gasteiger partial charge in [0.25, 0.3) is 0 Å². The van der Waals surface area contributed by atoms with Crippen LogP contribution in [0.1, 0.15) is 98.1 Å². The van der Waals surface area contributed by atoms with E-state index in [0.717, 1.165) is 23.0 Å². The average molecular weight is 883 g/mol. The summed E-state index contributed by atoms with van der Waals surface area (Å²) in [6.45, 7) is 34.8. The van der Waals surface area contributed by atoms with E-state index in [9.17, 15) is 9.90 Å². The largest absolute Gasteiger partial charge is 0.416 e. The Morgan fingerprint density at radius 1 is 0.596 bits per heavy atom. The van der Waals surface area contributed by atoms with Crippen molar-refractivity contribution in [2.45, 2.75) is 134 Å². The lowest BCUT2D eigenvalue weighted by Crippen LogP contribution is -2.42. The highest BCUT2D eigenvalue weighted by atomic mass is 35.6. The summed E-state index contributed by atoms with van der Waals surface area (Å²) in [6, 6.07) is 29.4. The summed E-state index contributed by atoms with van der Waals surface area (Å²) in [6.07, 6.45) is 0.989. The predicted octanol–water partition coefficient (Wildman–Crippen LogP) is 12.3. The van der Waals surface area contributed by atoms with Crippen molar-refractivity contribution < 1.29 is 30.3 Å². The third-order valence-corrected chi connectivity index (χ3v) is 25.5.